The van der Waals surface area contributed by atoms with Gasteiger partial charge in [-0.15, -0.1) is 0 Å². The average Bonchev–Trinajstić information content (AvgIpc) is 3.02. The Balaban J connectivity index is 4.63. The zero-order valence-corrected chi connectivity index (χ0v) is 33.6. The van der Waals surface area contributed by atoms with Gasteiger partial charge in [-0.25, -0.2) is 4.57 Å². The van der Waals surface area contributed by atoms with Gasteiger partial charge in [0.25, 0.3) is 0 Å². The van der Waals surface area contributed by atoms with Crippen molar-refractivity contribution in [1.82, 2.24) is 0 Å². The number of carbonyl (C=O) groups is 2. The number of nitrogens with zero attached hydrogens (tertiary/aromatic N) is 1. The minimum absolute atomic E-state index is 0.0796. The number of ketones is 2. The minimum atomic E-state index is -5.10. The average molecular weight is 713 g/mol. The van der Waals surface area contributed by atoms with Crippen LogP contribution in [0.2, 0.25) is 0 Å². The molecule has 0 unspecified atom stereocenters. The van der Waals surface area contributed by atoms with Gasteiger partial charge in [0.1, 0.15) is 6.54 Å². The molecule has 0 spiro atoms. The fourth-order valence-electron chi connectivity index (χ4n) is 6.45. The number of phosphoric acid groups is 1. The van der Waals surface area contributed by atoms with Crippen molar-refractivity contribution in [2.24, 2.45) is 0 Å². The number of quaternary nitrogens is 1. The third kappa shape index (κ3) is 29.2. The summed E-state index contributed by atoms with van der Waals surface area (Å²) >= 11 is 0. The summed E-state index contributed by atoms with van der Waals surface area (Å²) in [5.74, 6) is -1.00. The van der Waals surface area contributed by atoms with Crippen LogP contribution in [0.3, 0.4) is 0 Å². The zero-order chi connectivity index (χ0) is 36.7. The molecule has 0 aromatic carbocycles. The highest BCUT2D eigenvalue weighted by Crippen LogP contribution is 2.44. The lowest BCUT2D eigenvalue weighted by Gasteiger charge is -2.37. The quantitative estimate of drug-likeness (QED) is 0.0220. The van der Waals surface area contributed by atoms with E-state index in [1.165, 1.54) is 77.0 Å². The molecule has 288 valence electrons. The van der Waals surface area contributed by atoms with Crippen LogP contribution in [0.1, 0.15) is 194 Å². The van der Waals surface area contributed by atoms with E-state index >= 15 is 0 Å². The van der Waals surface area contributed by atoms with E-state index in [1.54, 1.807) is 0 Å². The lowest BCUT2D eigenvalue weighted by Crippen LogP contribution is -2.59. The van der Waals surface area contributed by atoms with Crippen molar-refractivity contribution < 1.29 is 32.9 Å². The first-order valence-electron chi connectivity index (χ1n) is 20.3. The van der Waals surface area contributed by atoms with E-state index in [-0.39, 0.29) is 23.9 Å². The van der Waals surface area contributed by atoms with Crippen LogP contribution in [0.5, 0.6) is 0 Å². The number of rotatable bonds is 36. The molecule has 0 heterocycles. The molecule has 8 heteroatoms. The summed E-state index contributed by atoms with van der Waals surface area (Å²) in [6, 6.07) is 0. The second-order valence-corrected chi connectivity index (χ2v) is 16.5. The van der Waals surface area contributed by atoms with Crippen LogP contribution < -0.4 is 0 Å². The molecular formula is C41H79NO6P+. The number of likely N-dealkylation sites (N-methyl/N-ethyl adjacent to an activating group) is 1. The van der Waals surface area contributed by atoms with Crippen molar-refractivity contribution in [3.05, 3.63) is 24.3 Å². The molecule has 49 heavy (non-hydrogen) atoms. The van der Waals surface area contributed by atoms with Gasteiger partial charge in [0.15, 0.2) is 11.6 Å². The zero-order valence-electron chi connectivity index (χ0n) is 32.7. The van der Waals surface area contributed by atoms with E-state index in [0.717, 1.165) is 77.0 Å². The molecule has 2 N–H and O–H groups in total. The monoisotopic (exact) mass is 713 g/mol. The number of carbonyl (C=O) groups excluding carboxylic acids is 2. The summed E-state index contributed by atoms with van der Waals surface area (Å²) in [4.78, 5) is 46.9. The summed E-state index contributed by atoms with van der Waals surface area (Å²) in [5.41, 5.74) is -2.13. The first kappa shape index (κ1) is 47.9. The molecule has 0 saturated heterocycles. The molecule has 0 aromatic rings. The van der Waals surface area contributed by atoms with Gasteiger partial charge in [0, 0.05) is 12.8 Å². The predicted molar refractivity (Wildman–Crippen MR) is 208 cm³/mol. The number of allylic oxidation sites excluding steroid dienone is 4. The molecular weight excluding hydrogens is 633 g/mol. The fraction of sp³-hybridized carbons (Fsp3) is 0.854. The van der Waals surface area contributed by atoms with Crippen LogP contribution in [0.25, 0.3) is 0 Å². The van der Waals surface area contributed by atoms with E-state index in [2.05, 4.69) is 38.2 Å². The Hall–Kier alpha value is -1.11. The van der Waals surface area contributed by atoms with Gasteiger partial charge >= 0.3 is 7.82 Å². The third-order valence-corrected chi connectivity index (χ3v) is 9.75. The number of unbranched alkanes of at least 4 members (excludes halogenated alkanes) is 22. The number of hydrogen-bond donors (Lipinski definition) is 2. The smallest absolute Gasteiger partial charge is 0.328 e. The predicted octanol–water partition coefficient (Wildman–Crippen LogP) is 11.8. The van der Waals surface area contributed by atoms with Gasteiger partial charge in [-0.2, -0.15) is 0 Å². The Kier molecular flexibility index (Phi) is 29.8. The summed E-state index contributed by atoms with van der Waals surface area (Å²) in [5, 5.41) is 0. The lowest BCUT2D eigenvalue weighted by molar-refractivity contribution is -0.874. The van der Waals surface area contributed by atoms with Crippen molar-refractivity contribution in [1.29, 1.82) is 0 Å². The molecule has 0 aromatic heterocycles. The highest BCUT2D eigenvalue weighted by Gasteiger charge is 2.53. The molecule has 0 aliphatic rings. The van der Waals surface area contributed by atoms with E-state index in [9.17, 15) is 23.9 Å². The third-order valence-electron chi connectivity index (χ3n) is 9.20. The van der Waals surface area contributed by atoms with Crippen LogP contribution in [-0.4, -0.2) is 59.1 Å². The highest BCUT2D eigenvalue weighted by atomic mass is 31.2. The summed E-state index contributed by atoms with van der Waals surface area (Å²) in [6.07, 6.45) is 38.9. The van der Waals surface area contributed by atoms with Gasteiger partial charge in [-0.3, -0.25) is 14.1 Å². The molecule has 0 bridgehead atoms. The van der Waals surface area contributed by atoms with Gasteiger partial charge in [0.05, 0.1) is 21.1 Å². The lowest BCUT2D eigenvalue weighted by atomic mass is 9.86. The van der Waals surface area contributed by atoms with Crippen LogP contribution >= 0.6 is 7.82 Å². The summed E-state index contributed by atoms with van der Waals surface area (Å²) in [7, 11) is 0.329. The van der Waals surface area contributed by atoms with E-state index in [4.69, 9.17) is 4.52 Å². The maximum absolute atomic E-state index is 13.6. The maximum atomic E-state index is 13.6. The molecule has 0 aliphatic heterocycles. The Morgan fingerprint density at radius 1 is 0.531 bits per heavy atom. The van der Waals surface area contributed by atoms with Crippen molar-refractivity contribution in [3.63, 3.8) is 0 Å². The van der Waals surface area contributed by atoms with Crippen molar-refractivity contribution in [3.8, 4) is 0 Å². The van der Waals surface area contributed by atoms with Gasteiger partial charge in [0.2, 0.25) is 5.60 Å². The molecule has 0 aliphatic carbocycles. The Morgan fingerprint density at radius 3 is 1.10 bits per heavy atom. The number of hydrogen-bond acceptors (Lipinski definition) is 4. The molecule has 0 atom stereocenters. The molecule has 7 nitrogen and oxygen atoms in total. The molecule has 0 radical (unpaired) electrons. The standard InChI is InChI=1S/C41H78NO6P/c1-6-8-10-12-14-16-18-20-22-24-26-28-30-32-34-36-39(43)41(38-42(3,4)5,48-49(45,46)47)40(44)37-35-33-31-29-27-25-23-21-19-17-15-13-11-9-7-2/h20-23H,6-19,24-38H2,1-5H3,(H-,45,46,47)/p+1/b22-20-,23-21-. The highest BCUT2D eigenvalue weighted by molar-refractivity contribution is 7.46. The second kappa shape index (κ2) is 30.5. The van der Waals surface area contributed by atoms with Crippen LogP contribution in [-0.2, 0) is 18.7 Å². The molecule has 0 saturated carbocycles. The largest absolute Gasteiger partial charge is 0.471 e. The SMILES string of the molecule is CCCCCCCC/C=C\CCCCCCCC(=O)C(C[N+](C)(C)C)(OP(=O)(O)O)C(=O)CCCCCCC/C=C\CCCCCCCC. The topological polar surface area (TPSA) is 101 Å². The van der Waals surface area contributed by atoms with Crippen LogP contribution in [0.15, 0.2) is 24.3 Å². The van der Waals surface area contributed by atoms with Gasteiger partial charge in [-0.1, -0.05) is 141 Å². The minimum Gasteiger partial charge on any atom is -0.328 e. The molecule has 0 rings (SSSR count). The van der Waals surface area contributed by atoms with Crippen molar-refractivity contribution in [2.45, 2.75) is 199 Å². The van der Waals surface area contributed by atoms with E-state index in [1.807, 2.05) is 21.1 Å². The Morgan fingerprint density at radius 2 is 0.816 bits per heavy atom. The Labute approximate surface area is 303 Å². The Bertz CT molecular complexity index is 867. The normalized spacial score (nSPS) is 12.9. The fourth-order valence-corrected chi connectivity index (χ4v) is 7.12. The van der Waals surface area contributed by atoms with Gasteiger partial charge in [-0.05, 0) is 64.2 Å². The summed E-state index contributed by atoms with van der Waals surface area (Å²) in [6.45, 7) is 4.39. The van der Waals surface area contributed by atoms with E-state index < -0.39 is 25.0 Å². The first-order valence-corrected chi connectivity index (χ1v) is 21.8. The molecule has 0 fully saturated rings. The van der Waals surface area contributed by atoms with Crippen LogP contribution in [0, 0.1) is 0 Å². The van der Waals surface area contributed by atoms with Crippen molar-refractivity contribution in [2.75, 3.05) is 27.7 Å². The summed E-state index contributed by atoms with van der Waals surface area (Å²) < 4.78 is 17.5. The second-order valence-electron chi connectivity index (χ2n) is 15.4. The van der Waals surface area contributed by atoms with E-state index in [0.29, 0.717) is 12.8 Å². The van der Waals surface area contributed by atoms with Crippen molar-refractivity contribution >= 4 is 19.4 Å². The van der Waals surface area contributed by atoms with Crippen LogP contribution in [0.4, 0.5) is 0 Å². The number of Topliss-reactive ketones (excluding diaryl/α,β-unsaturated/α-hetero) is 2. The van der Waals surface area contributed by atoms with Gasteiger partial charge < -0.3 is 14.3 Å². The number of phosphoric ester groups is 1. The maximum Gasteiger partial charge on any atom is 0.471 e. The molecule has 0 amide bonds. The first-order chi connectivity index (χ1) is 23.4.